The number of carboxylic acid groups (broad SMARTS) is 1. The number of aryl methyl sites for hydroxylation is 1. The van der Waals surface area contributed by atoms with Crippen molar-refractivity contribution >= 4 is 18.0 Å². The molecule has 0 aliphatic heterocycles. The highest BCUT2D eigenvalue weighted by Crippen LogP contribution is 2.08. The number of nitrogens with one attached hydrogen (secondary N) is 1. The fourth-order valence-electron chi connectivity index (χ4n) is 1.59. The highest BCUT2D eigenvalue weighted by Gasteiger charge is 2.17. The molecule has 0 aromatic carbocycles. The minimum atomic E-state index is -1.01. The van der Waals surface area contributed by atoms with Gasteiger partial charge in [-0.3, -0.25) is 4.79 Å². The predicted molar refractivity (Wildman–Crippen MR) is 71.6 cm³/mol. The van der Waals surface area contributed by atoms with Crippen molar-refractivity contribution in [1.29, 1.82) is 0 Å². The largest absolute Gasteiger partial charge is 0.480 e. The molecule has 1 aromatic heterocycles. The van der Waals surface area contributed by atoms with E-state index in [1.54, 1.807) is 12.1 Å². The van der Waals surface area contributed by atoms with E-state index in [0.717, 1.165) is 18.6 Å². The summed E-state index contributed by atoms with van der Waals surface area (Å²) in [5.74, 6) is -0.124. The molecule has 1 rings (SSSR count). The molecule has 5 heteroatoms. The predicted octanol–water partition coefficient (Wildman–Crippen LogP) is 2.36. The second-order valence-electron chi connectivity index (χ2n) is 4.32. The first-order chi connectivity index (χ1) is 9.02. The van der Waals surface area contributed by atoms with Gasteiger partial charge in [-0.2, -0.15) is 0 Å². The first kappa shape index (κ1) is 15.0. The molecule has 0 radical (unpaired) electrons. The van der Waals surface area contributed by atoms with Gasteiger partial charge in [-0.1, -0.05) is 19.8 Å². The lowest BCUT2D eigenvalue weighted by Gasteiger charge is -2.12. The van der Waals surface area contributed by atoms with Gasteiger partial charge in [-0.25, -0.2) is 4.79 Å². The van der Waals surface area contributed by atoms with Crippen LogP contribution in [-0.4, -0.2) is 23.0 Å². The van der Waals surface area contributed by atoms with Gasteiger partial charge in [0.15, 0.2) is 0 Å². The molecule has 5 nitrogen and oxygen atoms in total. The Balaban J connectivity index is 2.52. The summed E-state index contributed by atoms with van der Waals surface area (Å²) in [5, 5.41) is 11.4. The Bertz CT molecular complexity index is 462. The Morgan fingerprint density at radius 3 is 2.74 bits per heavy atom. The van der Waals surface area contributed by atoms with Crippen LogP contribution in [0.5, 0.6) is 0 Å². The molecule has 104 valence electrons. The molecule has 2 N–H and O–H groups in total. The lowest BCUT2D eigenvalue weighted by atomic mass is 10.1. The molecule has 1 atom stereocenters. The summed E-state index contributed by atoms with van der Waals surface area (Å²) in [5.41, 5.74) is 0. The van der Waals surface area contributed by atoms with Crippen molar-refractivity contribution in [1.82, 2.24) is 5.32 Å². The minimum Gasteiger partial charge on any atom is -0.480 e. The molecule has 0 aliphatic rings. The molecule has 1 amide bonds. The quantitative estimate of drug-likeness (QED) is 0.742. The summed E-state index contributed by atoms with van der Waals surface area (Å²) in [6.07, 6.45) is 4.88. The van der Waals surface area contributed by atoms with Gasteiger partial charge in [-0.15, -0.1) is 0 Å². The van der Waals surface area contributed by atoms with Crippen LogP contribution in [0.1, 0.15) is 37.7 Å². The Labute approximate surface area is 112 Å². The average Bonchev–Trinajstić information content (AvgIpc) is 2.77. The molecule has 0 spiro atoms. The Morgan fingerprint density at radius 1 is 1.47 bits per heavy atom. The first-order valence-corrected chi connectivity index (χ1v) is 6.30. The van der Waals surface area contributed by atoms with Crippen molar-refractivity contribution in [2.75, 3.05) is 0 Å². The number of carbonyl (C=O) groups excluding carboxylic acids is 1. The zero-order valence-electron chi connectivity index (χ0n) is 11.2. The van der Waals surface area contributed by atoms with Crippen LogP contribution in [0.15, 0.2) is 22.6 Å². The van der Waals surface area contributed by atoms with Crippen LogP contribution >= 0.6 is 0 Å². The Morgan fingerprint density at radius 2 is 2.21 bits per heavy atom. The lowest BCUT2D eigenvalue weighted by molar-refractivity contribution is -0.141. The number of furan rings is 1. The van der Waals surface area contributed by atoms with Crippen LogP contribution in [0.25, 0.3) is 6.08 Å². The van der Waals surface area contributed by atoms with Crippen LogP contribution in [0, 0.1) is 6.92 Å². The summed E-state index contributed by atoms with van der Waals surface area (Å²) in [6, 6.07) is 2.69. The van der Waals surface area contributed by atoms with E-state index in [0.29, 0.717) is 12.2 Å². The van der Waals surface area contributed by atoms with Crippen LogP contribution in [0.3, 0.4) is 0 Å². The maximum atomic E-state index is 11.6. The second kappa shape index (κ2) is 7.41. The third-order valence-electron chi connectivity index (χ3n) is 2.62. The number of rotatable bonds is 7. The second-order valence-corrected chi connectivity index (χ2v) is 4.32. The number of carbonyl (C=O) groups is 2. The fourth-order valence-corrected chi connectivity index (χ4v) is 1.59. The summed E-state index contributed by atoms with van der Waals surface area (Å²) in [4.78, 5) is 22.6. The van der Waals surface area contributed by atoms with Gasteiger partial charge >= 0.3 is 5.97 Å². The summed E-state index contributed by atoms with van der Waals surface area (Å²) >= 11 is 0. The van der Waals surface area contributed by atoms with Crippen molar-refractivity contribution in [2.24, 2.45) is 0 Å². The molecule has 19 heavy (non-hydrogen) atoms. The van der Waals surface area contributed by atoms with Crippen molar-refractivity contribution in [2.45, 2.75) is 39.2 Å². The molecule has 0 unspecified atom stereocenters. The van der Waals surface area contributed by atoms with Crippen molar-refractivity contribution in [3.05, 3.63) is 29.7 Å². The van der Waals surface area contributed by atoms with Crippen LogP contribution in [0.4, 0.5) is 0 Å². The van der Waals surface area contributed by atoms with E-state index in [9.17, 15) is 9.59 Å². The van der Waals surface area contributed by atoms with E-state index in [1.807, 2.05) is 13.8 Å². The zero-order valence-corrected chi connectivity index (χ0v) is 11.2. The van der Waals surface area contributed by atoms with E-state index in [4.69, 9.17) is 9.52 Å². The van der Waals surface area contributed by atoms with Gasteiger partial charge in [0.1, 0.15) is 17.6 Å². The summed E-state index contributed by atoms with van der Waals surface area (Å²) in [7, 11) is 0. The number of hydrogen-bond acceptors (Lipinski definition) is 3. The van der Waals surface area contributed by atoms with Gasteiger partial charge in [0.25, 0.3) is 0 Å². The maximum Gasteiger partial charge on any atom is 0.326 e. The van der Waals surface area contributed by atoms with E-state index >= 15 is 0 Å². The smallest absolute Gasteiger partial charge is 0.326 e. The van der Waals surface area contributed by atoms with Gasteiger partial charge in [0.2, 0.25) is 5.91 Å². The fraction of sp³-hybridized carbons (Fsp3) is 0.429. The molecule has 1 aromatic rings. The van der Waals surface area contributed by atoms with Gasteiger partial charge in [0.05, 0.1) is 0 Å². The standard InChI is InChI=1S/C14H19NO4/c1-3-4-5-12(14(17)18)15-13(16)9-8-11-7-6-10(2)19-11/h6-9,12H,3-5H2,1-2H3,(H,15,16)(H,17,18)/b9-8+/t12-/m0/s1. The molecular formula is C14H19NO4. The molecule has 1 heterocycles. The van der Waals surface area contributed by atoms with Gasteiger partial charge < -0.3 is 14.8 Å². The topological polar surface area (TPSA) is 79.5 Å². The molecule has 0 saturated carbocycles. The molecular weight excluding hydrogens is 246 g/mol. The SMILES string of the molecule is CCCC[C@H](NC(=O)/C=C/c1ccc(C)o1)C(=O)O. The van der Waals surface area contributed by atoms with Crippen molar-refractivity contribution < 1.29 is 19.1 Å². The van der Waals surface area contributed by atoms with Crippen LogP contribution < -0.4 is 5.32 Å². The normalized spacial score (nSPS) is 12.5. The summed E-state index contributed by atoms with van der Waals surface area (Å²) < 4.78 is 5.27. The Kier molecular flexibility index (Phi) is 5.85. The third-order valence-corrected chi connectivity index (χ3v) is 2.62. The first-order valence-electron chi connectivity index (χ1n) is 6.30. The highest BCUT2D eigenvalue weighted by atomic mass is 16.4. The van der Waals surface area contributed by atoms with Gasteiger partial charge in [0, 0.05) is 6.08 Å². The van der Waals surface area contributed by atoms with Crippen LogP contribution in [-0.2, 0) is 9.59 Å². The van der Waals surface area contributed by atoms with Crippen LogP contribution in [0.2, 0.25) is 0 Å². The Hall–Kier alpha value is -2.04. The monoisotopic (exact) mass is 265 g/mol. The molecule has 0 aliphatic carbocycles. The molecule has 0 bridgehead atoms. The minimum absolute atomic E-state index is 0.433. The molecule has 0 saturated heterocycles. The van der Waals surface area contributed by atoms with E-state index in [2.05, 4.69) is 5.32 Å². The molecule has 0 fully saturated rings. The van der Waals surface area contributed by atoms with Crippen molar-refractivity contribution in [3.8, 4) is 0 Å². The average molecular weight is 265 g/mol. The van der Waals surface area contributed by atoms with E-state index in [1.165, 1.54) is 12.2 Å². The van der Waals surface area contributed by atoms with E-state index in [-0.39, 0.29) is 0 Å². The maximum absolute atomic E-state index is 11.6. The summed E-state index contributed by atoms with van der Waals surface area (Å²) in [6.45, 7) is 3.78. The number of amides is 1. The van der Waals surface area contributed by atoms with Crippen molar-refractivity contribution in [3.63, 3.8) is 0 Å². The van der Waals surface area contributed by atoms with E-state index < -0.39 is 17.9 Å². The zero-order chi connectivity index (χ0) is 14.3. The number of carboxylic acids is 1. The lowest BCUT2D eigenvalue weighted by Crippen LogP contribution is -2.39. The van der Waals surface area contributed by atoms with Gasteiger partial charge in [-0.05, 0) is 31.6 Å². The number of hydrogen-bond donors (Lipinski definition) is 2. The number of aliphatic carboxylic acids is 1. The third kappa shape index (κ3) is 5.42. The number of unbranched alkanes of at least 4 members (excludes halogenated alkanes) is 1. The highest BCUT2D eigenvalue weighted by molar-refractivity contribution is 5.94.